The Morgan fingerprint density at radius 3 is 2.14 bits per heavy atom. The van der Waals surface area contributed by atoms with Gasteiger partial charge in [-0.05, 0) is 55.0 Å². The van der Waals surface area contributed by atoms with Crippen LogP contribution in [0.2, 0.25) is 13.1 Å². The summed E-state index contributed by atoms with van der Waals surface area (Å²) in [6, 6.07) is 4.36. The van der Waals surface area contributed by atoms with Crippen molar-refractivity contribution in [2.75, 3.05) is 13.7 Å². The van der Waals surface area contributed by atoms with Gasteiger partial charge in [-0.3, -0.25) is 0 Å². The Bertz CT molecular complexity index is 835. The minimum absolute atomic E-state index is 0.0426. The Kier molecular flexibility index (Phi) is 6.39. The molecule has 1 aromatic rings. The van der Waals surface area contributed by atoms with Crippen LogP contribution < -0.4 is 14.7 Å². The quantitative estimate of drug-likeness (QED) is 0.412. The molecule has 0 aliphatic heterocycles. The zero-order valence-corrected chi connectivity index (χ0v) is 20.5. The molecule has 1 unspecified atom stereocenters. The summed E-state index contributed by atoms with van der Waals surface area (Å²) in [5.74, 6) is 2.43. The first kappa shape index (κ1) is 22.5. The van der Waals surface area contributed by atoms with Crippen LogP contribution in [-0.4, -0.2) is 21.8 Å². The predicted molar refractivity (Wildman–Crippen MR) is 125 cm³/mol. The average molecular weight is 399 g/mol. The summed E-state index contributed by atoms with van der Waals surface area (Å²) < 4.78 is 12.1. The molecule has 1 aliphatic rings. The molecule has 2 nitrogen and oxygen atoms in total. The normalized spacial score (nSPS) is 18.0. The molecule has 154 valence electrons. The molecule has 0 saturated heterocycles. The van der Waals surface area contributed by atoms with E-state index in [1.165, 1.54) is 27.5 Å². The molecule has 0 radical (unpaired) electrons. The van der Waals surface area contributed by atoms with E-state index in [0.29, 0.717) is 12.5 Å². The van der Waals surface area contributed by atoms with Gasteiger partial charge in [0.15, 0.2) is 0 Å². The van der Waals surface area contributed by atoms with E-state index >= 15 is 0 Å². The predicted octanol–water partition coefficient (Wildman–Crippen LogP) is 6.31. The fourth-order valence-corrected chi connectivity index (χ4v) is 8.55. The molecule has 1 aromatic carbocycles. The Morgan fingerprint density at radius 1 is 1.11 bits per heavy atom. The van der Waals surface area contributed by atoms with Crippen LogP contribution in [0.25, 0.3) is 0 Å². The second kappa shape index (κ2) is 7.94. The first-order chi connectivity index (χ1) is 12.9. The first-order valence-corrected chi connectivity index (χ1v) is 13.2. The van der Waals surface area contributed by atoms with Crippen LogP contribution in [0.5, 0.6) is 11.5 Å². The Balaban J connectivity index is 2.81. The van der Waals surface area contributed by atoms with E-state index in [1.54, 1.807) is 12.3 Å². The molecule has 0 amide bonds. The molecule has 0 fully saturated rings. The van der Waals surface area contributed by atoms with E-state index in [9.17, 15) is 0 Å². The molecule has 3 heteroatoms. The lowest BCUT2D eigenvalue weighted by molar-refractivity contribution is 0.351. The van der Waals surface area contributed by atoms with Crippen molar-refractivity contribution in [2.45, 2.75) is 67.0 Å². The molecule has 1 atom stereocenters. The SMILES string of the molecule is C=CCOc1c(C(C)(C)C)cc(OC)cc1[Si](C)(C)C1=C(C)C(C)=C(C)C1C. The zero-order chi connectivity index (χ0) is 21.4. The van der Waals surface area contributed by atoms with Gasteiger partial charge in [-0.25, -0.2) is 0 Å². The molecule has 0 bridgehead atoms. The van der Waals surface area contributed by atoms with E-state index in [1.807, 2.05) is 6.08 Å². The van der Waals surface area contributed by atoms with Gasteiger partial charge in [0.25, 0.3) is 0 Å². The summed E-state index contributed by atoms with van der Waals surface area (Å²) >= 11 is 0. The topological polar surface area (TPSA) is 18.5 Å². The third-order valence-corrected chi connectivity index (χ3v) is 10.3. The number of hydrogen-bond donors (Lipinski definition) is 0. The molecule has 0 heterocycles. The summed E-state index contributed by atoms with van der Waals surface area (Å²) in [6.45, 7) is 25.2. The molecule has 28 heavy (non-hydrogen) atoms. The maximum atomic E-state index is 6.34. The molecule has 1 aliphatic carbocycles. The van der Waals surface area contributed by atoms with Crippen LogP contribution in [-0.2, 0) is 5.41 Å². The van der Waals surface area contributed by atoms with Crippen LogP contribution in [0.15, 0.2) is 46.7 Å². The third kappa shape index (κ3) is 3.87. The van der Waals surface area contributed by atoms with Crippen molar-refractivity contribution in [3.63, 3.8) is 0 Å². The largest absolute Gasteiger partial charge is 0.497 e. The van der Waals surface area contributed by atoms with Gasteiger partial charge in [0.2, 0.25) is 0 Å². The number of hydrogen-bond acceptors (Lipinski definition) is 2. The summed E-state index contributed by atoms with van der Waals surface area (Å²) in [5, 5.41) is 2.93. The first-order valence-electron chi connectivity index (χ1n) is 10.2. The van der Waals surface area contributed by atoms with Gasteiger partial charge in [0.05, 0.1) is 7.11 Å². The van der Waals surface area contributed by atoms with Gasteiger partial charge >= 0.3 is 0 Å². The highest BCUT2D eigenvalue weighted by molar-refractivity contribution is 6.96. The fraction of sp³-hybridized carbons (Fsp3) is 0.520. The highest BCUT2D eigenvalue weighted by Crippen LogP contribution is 2.43. The fourth-order valence-electron chi connectivity index (χ4n) is 4.56. The van der Waals surface area contributed by atoms with Crippen molar-refractivity contribution < 1.29 is 9.47 Å². The van der Waals surface area contributed by atoms with Crippen LogP contribution in [0.3, 0.4) is 0 Å². The number of allylic oxidation sites excluding steroid dienone is 4. The molecule has 0 spiro atoms. The molecule has 0 saturated carbocycles. The lowest BCUT2D eigenvalue weighted by atomic mass is 9.86. The lowest BCUT2D eigenvalue weighted by Crippen LogP contribution is -2.47. The minimum atomic E-state index is -2.01. The second-order valence-electron chi connectivity index (χ2n) is 9.59. The summed E-state index contributed by atoms with van der Waals surface area (Å²) in [5.41, 5.74) is 5.58. The average Bonchev–Trinajstić information content (AvgIpc) is 2.81. The molecule has 0 N–H and O–H groups in total. The van der Waals surface area contributed by atoms with E-state index in [-0.39, 0.29) is 5.41 Å². The van der Waals surface area contributed by atoms with Gasteiger partial charge in [0, 0.05) is 5.56 Å². The van der Waals surface area contributed by atoms with Gasteiger partial charge in [-0.15, -0.1) is 0 Å². The molecular weight excluding hydrogens is 360 g/mol. The van der Waals surface area contributed by atoms with Crippen molar-refractivity contribution >= 4 is 13.3 Å². The van der Waals surface area contributed by atoms with Crippen LogP contribution in [0.1, 0.15) is 54.0 Å². The van der Waals surface area contributed by atoms with Gasteiger partial charge in [0.1, 0.15) is 26.2 Å². The standard InChI is InChI=1S/C25H38O2Si/c1-12-13-27-23-21(25(6,7)8)14-20(26-9)15-22(23)28(10,11)24-18(4)16(2)17(3)19(24)5/h12,14-15,18H,1,13H2,2-11H3. The molecule has 2 rings (SSSR count). The van der Waals surface area contributed by atoms with Crippen LogP contribution in [0.4, 0.5) is 0 Å². The zero-order valence-electron chi connectivity index (χ0n) is 19.5. The maximum absolute atomic E-state index is 6.34. The smallest absolute Gasteiger partial charge is 0.123 e. The van der Waals surface area contributed by atoms with Gasteiger partial charge in [-0.1, -0.05) is 69.8 Å². The van der Waals surface area contributed by atoms with Crippen molar-refractivity contribution in [1.29, 1.82) is 0 Å². The minimum Gasteiger partial charge on any atom is -0.497 e. The molecular formula is C25H38O2Si. The van der Waals surface area contributed by atoms with Crippen molar-refractivity contribution in [3.8, 4) is 11.5 Å². The highest BCUT2D eigenvalue weighted by atomic mass is 28.3. The highest BCUT2D eigenvalue weighted by Gasteiger charge is 2.40. The van der Waals surface area contributed by atoms with Crippen LogP contribution >= 0.6 is 0 Å². The summed E-state index contributed by atoms with van der Waals surface area (Å²) in [6.07, 6.45) is 1.83. The van der Waals surface area contributed by atoms with Gasteiger partial charge in [-0.2, -0.15) is 0 Å². The Morgan fingerprint density at radius 2 is 1.71 bits per heavy atom. The monoisotopic (exact) mass is 398 g/mol. The van der Waals surface area contributed by atoms with E-state index in [2.05, 4.69) is 80.3 Å². The summed E-state index contributed by atoms with van der Waals surface area (Å²) in [7, 11) is -0.257. The number of ether oxygens (including phenoxy) is 2. The summed E-state index contributed by atoms with van der Waals surface area (Å²) in [4.78, 5) is 0. The third-order valence-electron chi connectivity index (χ3n) is 6.44. The number of benzene rings is 1. The maximum Gasteiger partial charge on any atom is 0.123 e. The van der Waals surface area contributed by atoms with E-state index in [0.717, 1.165) is 11.5 Å². The van der Waals surface area contributed by atoms with E-state index < -0.39 is 8.07 Å². The Labute approximate surface area is 173 Å². The molecule has 0 aromatic heterocycles. The lowest BCUT2D eigenvalue weighted by Gasteiger charge is -2.34. The number of rotatable bonds is 6. The van der Waals surface area contributed by atoms with Crippen molar-refractivity contribution in [3.05, 3.63) is 52.3 Å². The van der Waals surface area contributed by atoms with Crippen LogP contribution in [0, 0.1) is 5.92 Å². The Hall–Kier alpha value is -1.74. The van der Waals surface area contributed by atoms with E-state index in [4.69, 9.17) is 9.47 Å². The van der Waals surface area contributed by atoms with Gasteiger partial charge < -0.3 is 9.47 Å². The second-order valence-corrected chi connectivity index (χ2v) is 13.9. The van der Waals surface area contributed by atoms with Crippen molar-refractivity contribution in [2.24, 2.45) is 5.92 Å². The van der Waals surface area contributed by atoms with Crippen molar-refractivity contribution in [1.82, 2.24) is 0 Å². The number of methoxy groups -OCH3 is 1.